The van der Waals surface area contributed by atoms with E-state index in [1.54, 1.807) is 12.1 Å². The molecule has 0 aliphatic rings. The minimum absolute atomic E-state index is 0.106. The lowest BCUT2D eigenvalue weighted by Gasteiger charge is -2.10. The SMILES string of the molecule is CC(C)Oc1ccc(OCCN(C)C)nn1. The van der Waals surface area contributed by atoms with Crippen molar-refractivity contribution < 1.29 is 9.47 Å². The highest BCUT2D eigenvalue weighted by Crippen LogP contribution is 2.11. The molecule has 0 spiro atoms. The van der Waals surface area contributed by atoms with Gasteiger partial charge in [-0.15, -0.1) is 10.2 Å². The van der Waals surface area contributed by atoms with Crippen molar-refractivity contribution in [3.8, 4) is 11.8 Å². The van der Waals surface area contributed by atoms with E-state index in [0.29, 0.717) is 18.4 Å². The van der Waals surface area contributed by atoms with Gasteiger partial charge in [-0.1, -0.05) is 0 Å². The average molecular weight is 225 g/mol. The Morgan fingerprint density at radius 1 is 1.19 bits per heavy atom. The summed E-state index contributed by atoms with van der Waals surface area (Å²) in [5, 5.41) is 7.82. The molecule has 5 heteroatoms. The fourth-order valence-electron chi connectivity index (χ4n) is 1.02. The predicted octanol–water partition coefficient (Wildman–Crippen LogP) is 1.20. The highest BCUT2D eigenvalue weighted by molar-refractivity contribution is 5.15. The molecule has 90 valence electrons. The molecule has 0 saturated heterocycles. The molecule has 1 aromatic rings. The molecule has 0 amide bonds. The van der Waals surface area contributed by atoms with Gasteiger partial charge in [-0.05, 0) is 27.9 Å². The first-order chi connectivity index (χ1) is 7.58. The molecule has 1 rings (SSSR count). The number of likely N-dealkylation sites (N-methyl/N-ethyl adjacent to an activating group) is 1. The van der Waals surface area contributed by atoms with Crippen molar-refractivity contribution >= 4 is 0 Å². The van der Waals surface area contributed by atoms with Gasteiger partial charge in [0.2, 0.25) is 11.8 Å². The first kappa shape index (κ1) is 12.7. The summed E-state index contributed by atoms with van der Waals surface area (Å²) in [7, 11) is 3.99. The summed E-state index contributed by atoms with van der Waals surface area (Å²) in [6.45, 7) is 5.35. The van der Waals surface area contributed by atoms with Crippen LogP contribution in [0.2, 0.25) is 0 Å². The van der Waals surface area contributed by atoms with Gasteiger partial charge >= 0.3 is 0 Å². The van der Waals surface area contributed by atoms with Crippen LogP contribution in [0.15, 0.2) is 12.1 Å². The number of ether oxygens (including phenoxy) is 2. The van der Waals surface area contributed by atoms with Gasteiger partial charge in [0.1, 0.15) is 6.61 Å². The third kappa shape index (κ3) is 4.93. The van der Waals surface area contributed by atoms with Crippen molar-refractivity contribution in [3.05, 3.63) is 12.1 Å². The smallest absolute Gasteiger partial charge is 0.233 e. The fraction of sp³-hybridized carbons (Fsp3) is 0.636. The van der Waals surface area contributed by atoms with Crippen molar-refractivity contribution in [2.45, 2.75) is 20.0 Å². The van der Waals surface area contributed by atoms with Crippen LogP contribution in [0.1, 0.15) is 13.8 Å². The molecule has 0 radical (unpaired) electrons. The topological polar surface area (TPSA) is 47.5 Å². The van der Waals surface area contributed by atoms with Crippen LogP contribution < -0.4 is 9.47 Å². The average Bonchev–Trinajstić information content (AvgIpc) is 2.19. The van der Waals surface area contributed by atoms with Crippen molar-refractivity contribution in [3.63, 3.8) is 0 Å². The van der Waals surface area contributed by atoms with Crippen LogP contribution in [0.5, 0.6) is 11.8 Å². The minimum Gasteiger partial charge on any atom is -0.475 e. The molecule has 1 heterocycles. The summed E-state index contributed by atoms with van der Waals surface area (Å²) < 4.78 is 10.8. The second-order valence-corrected chi connectivity index (χ2v) is 4.03. The normalized spacial score (nSPS) is 10.9. The van der Waals surface area contributed by atoms with Crippen LogP contribution in [0.25, 0.3) is 0 Å². The van der Waals surface area contributed by atoms with Crippen LogP contribution >= 0.6 is 0 Å². The summed E-state index contributed by atoms with van der Waals surface area (Å²) in [5.74, 6) is 1.05. The third-order valence-corrected chi connectivity index (χ3v) is 1.76. The molecular formula is C11H19N3O2. The summed E-state index contributed by atoms with van der Waals surface area (Å²) in [5.41, 5.74) is 0. The molecule has 0 aliphatic carbocycles. The number of hydrogen-bond acceptors (Lipinski definition) is 5. The molecule has 0 N–H and O–H groups in total. The lowest BCUT2D eigenvalue weighted by Crippen LogP contribution is -2.19. The van der Waals surface area contributed by atoms with Gasteiger partial charge < -0.3 is 14.4 Å². The molecule has 0 fully saturated rings. The fourth-order valence-corrected chi connectivity index (χ4v) is 1.02. The van der Waals surface area contributed by atoms with E-state index in [4.69, 9.17) is 9.47 Å². The number of nitrogens with zero attached hydrogens (tertiary/aromatic N) is 3. The third-order valence-electron chi connectivity index (χ3n) is 1.76. The molecule has 0 unspecified atom stereocenters. The molecular weight excluding hydrogens is 206 g/mol. The number of hydrogen-bond donors (Lipinski definition) is 0. The molecule has 16 heavy (non-hydrogen) atoms. The highest BCUT2D eigenvalue weighted by atomic mass is 16.5. The molecule has 0 saturated carbocycles. The van der Waals surface area contributed by atoms with Crippen LogP contribution in [0.4, 0.5) is 0 Å². The van der Waals surface area contributed by atoms with Crippen molar-refractivity contribution in [1.29, 1.82) is 0 Å². The van der Waals surface area contributed by atoms with E-state index >= 15 is 0 Å². The zero-order valence-corrected chi connectivity index (χ0v) is 10.3. The van der Waals surface area contributed by atoms with Gasteiger partial charge in [-0.3, -0.25) is 0 Å². The van der Waals surface area contributed by atoms with E-state index in [2.05, 4.69) is 10.2 Å². The largest absolute Gasteiger partial charge is 0.475 e. The summed E-state index contributed by atoms with van der Waals surface area (Å²) in [6, 6.07) is 3.53. The Hall–Kier alpha value is -1.36. The predicted molar refractivity (Wildman–Crippen MR) is 61.8 cm³/mol. The Morgan fingerprint density at radius 3 is 2.31 bits per heavy atom. The van der Waals surface area contributed by atoms with E-state index in [9.17, 15) is 0 Å². The van der Waals surface area contributed by atoms with Crippen LogP contribution in [-0.2, 0) is 0 Å². The van der Waals surface area contributed by atoms with Crippen molar-refractivity contribution in [1.82, 2.24) is 15.1 Å². The Labute approximate surface area is 96.4 Å². The monoisotopic (exact) mass is 225 g/mol. The molecule has 0 atom stereocenters. The first-order valence-electron chi connectivity index (χ1n) is 5.36. The highest BCUT2D eigenvalue weighted by Gasteiger charge is 2.01. The van der Waals surface area contributed by atoms with E-state index in [0.717, 1.165) is 6.54 Å². The Bertz CT molecular complexity index is 299. The van der Waals surface area contributed by atoms with Gasteiger partial charge in [-0.25, -0.2) is 0 Å². The van der Waals surface area contributed by atoms with Crippen LogP contribution in [0.3, 0.4) is 0 Å². The summed E-state index contributed by atoms with van der Waals surface area (Å²) in [6.07, 6.45) is 0.106. The Kier molecular flexibility index (Phi) is 4.98. The van der Waals surface area contributed by atoms with Gasteiger partial charge in [0.15, 0.2) is 0 Å². The van der Waals surface area contributed by atoms with Gasteiger partial charge in [0.05, 0.1) is 6.10 Å². The van der Waals surface area contributed by atoms with E-state index in [-0.39, 0.29) is 6.10 Å². The maximum absolute atomic E-state index is 5.41. The van der Waals surface area contributed by atoms with E-state index in [1.807, 2.05) is 32.8 Å². The van der Waals surface area contributed by atoms with Crippen LogP contribution in [-0.4, -0.2) is 48.4 Å². The minimum atomic E-state index is 0.106. The van der Waals surface area contributed by atoms with Gasteiger partial charge in [0, 0.05) is 18.7 Å². The van der Waals surface area contributed by atoms with Crippen molar-refractivity contribution in [2.24, 2.45) is 0 Å². The summed E-state index contributed by atoms with van der Waals surface area (Å²) in [4.78, 5) is 2.05. The molecule has 0 aromatic carbocycles. The second kappa shape index (κ2) is 6.27. The van der Waals surface area contributed by atoms with E-state index < -0.39 is 0 Å². The molecule has 0 aliphatic heterocycles. The van der Waals surface area contributed by atoms with Crippen molar-refractivity contribution in [2.75, 3.05) is 27.2 Å². The van der Waals surface area contributed by atoms with Crippen LogP contribution in [0, 0.1) is 0 Å². The van der Waals surface area contributed by atoms with E-state index in [1.165, 1.54) is 0 Å². The standard InChI is InChI=1S/C11H19N3O2/c1-9(2)16-11-6-5-10(12-13-11)15-8-7-14(3)4/h5-6,9H,7-8H2,1-4H3. The van der Waals surface area contributed by atoms with Gasteiger partial charge in [-0.2, -0.15) is 0 Å². The zero-order valence-electron chi connectivity index (χ0n) is 10.3. The zero-order chi connectivity index (χ0) is 12.0. The van der Waals surface area contributed by atoms with Gasteiger partial charge in [0.25, 0.3) is 0 Å². The number of aromatic nitrogens is 2. The Balaban J connectivity index is 2.39. The quantitative estimate of drug-likeness (QED) is 0.728. The molecule has 5 nitrogen and oxygen atoms in total. The number of rotatable bonds is 6. The molecule has 1 aromatic heterocycles. The summed E-state index contributed by atoms with van der Waals surface area (Å²) >= 11 is 0. The first-order valence-corrected chi connectivity index (χ1v) is 5.36. The Morgan fingerprint density at radius 2 is 1.81 bits per heavy atom. The maximum Gasteiger partial charge on any atom is 0.233 e. The lowest BCUT2D eigenvalue weighted by atomic mass is 10.5. The lowest BCUT2D eigenvalue weighted by molar-refractivity contribution is 0.223. The molecule has 0 bridgehead atoms. The maximum atomic E-state index is 5.41. The second-order valence-electron chi connectivity index (χ2n) is 4.03.